The van der Waals surface area contributed by atoms with E-state index in [9.17, 15) is 4.79 Å². The van der Waals surface area contributed by atoms with Crippen LogP contribution in [0.2, 0.25) is 0 Å². The fourth-order valence-corrected chi connectivity index (χ4v) is 0.467. The summed E-state index contributed by atoms with van der Waals surface area (Å²) in [5, 5.41) is 19.5. The predicted octanol–water partition coefficient (Wildman–Crippen LogP) is -1.25. The van der Waals surface area contributed by atoms with Gasteiger partial charge >= 0.3 is 12.1 Å². The molecule has 0 bridgehead atoms. The lowest BCUT2D eigenvalue weighted by Gasteiger charge is -2.19. The molecular weight excluding hydrogens is 138 g/mol. The van der Waals surface area contributed by atoms with Crippen molar-refractivity contribution in [2.24, 2.45) is 0 Å². The minimum absolute atomic E-state index is 0.292. The Morgan fingerprint density at radius 1 is 1.70 bits per heavy atom. The van der Waals surface area contributed by atoms with Crippen LogP contribution in [0.5, 0.6) is 0 Å². The molecule has 0 saturated carbocycles. The van der Waals surface area contributed by atoms with Crippen molar-refractivity contribution in [3.8, 4) is 0 Å². The third-order valence-electron chi connectivity index (χ3n) is 0.693. The summed E-state index contributed by atoms with van der Waals surface area (Å²) in [4.78, 5) is 10.2. The molecule has 0 aliphatic heterocycles. The van der Waals surface area contributed by atoms with Crippen LogP contribution in [0.3, 0.4) is 0 Å². The summed E-state index contributed by atoms with van der Waals surface area (Å²) in [6.45, 7) is 3.02. The highest BCUT2D eigenvalue weighted by Crippen LogP contribution is 1.95. The van der Waals surface area contributed by atoms with Gasteiger partial charge in [-0.25, -0.2) is 5.32 Å². The molecule has 3 N–H and O–H groups in total. The standard InChI is InChI=1S/C5H11NO4/c1-3-6-5(8,9)10-4(2)7/h6,8-9H,3H2,1-2H3. The van der Waals surface area contributed by atoms with Crippen molar-refractivity contribution in [3.05, 3.63) is 0 Å². The number of ether oxygens (including phenoxy) is 1. The zero-order valence-corrected chi connectivity index (χ0v) is 5.92. The third kappa shape index (κ3) is 4.25. The van der Waals surface area contributed by atoms with E-state index >= 15 is 0 Å². The van der Waals surface area contributed by atoms with Crippen molar-refractivity contribution >= 4 is 5.97 Å². The maximum Gasteiger partial charge on any atom is 0.394 e. The highest BCUT2D eigenvalue weighted by atomic mass is 16.8. The first-order chi connectivity index (χ1) is 4.48. The number of aliphatic hydroxyl groups is 2. The topological polar surface area (TPSA) is 78.8 Å². The Labute approximate surface area is 58.6 Å². The van der Waals surface area contributed by atoms with Gasteiger partial charge in [0.2, 0.25) is 0 Å². The van der Waals surface area contributed by atoms with Gasteiger partial charge in [0.1, 0.15) is 0 Å². The van der Waals surface area contributed by atoms with Gasteiger partial charge in [-0.1, -0.05) is 6.92 Å². The Kier molecular flexibility index (Phi) is 3.27. The molecule has 0 radical (unpaired) electrons. The maximum absolute atomic E-state index is 10.2. The maximum atomic E-state index is 10.2. The van der Waals surface area contributed by atoms with Gasteiger partial charge in [0.25, 0.3) is 0 Å². The molecule has 0 fully saturated rings. The molecule has 10 heavy (non-hydrogen) atoms. The average Bonchev–Trinajstić information content (AvgIpc) is 1.59. The number of rotatable bonds is 3. The van der Waals surface area contributed by atoms with Crippen molar-refractivity contribution in [3.63, 3.8) is 0 Å². The van der Waals surface area contributed by atoms with E-state index in [4.69, 9.17) is 10.2 Å². The second-order valence-corrected chi connectivity index (χ2v) is 1.73. The largest absolute Gasteiger partial charge is 0.395 e. The SMILES string of the molecule is CCNC(O)(O)OC(C)=O. The Bertz CT molecular complexity index is 123. The molecule has 5 heteroatoms. The van der Waals surface area contributed by atoms with Crippen molar-refractivity contribution in [2.75, 3.05) is 6.54 Å². The molecule has 0 heterocycles. The van der Waals surface area contributed by atoms with Gasteiger partial charge < -0.3 is 14.9 Å². The number of nitrogens with one attached hydrogen (secondary N) is 1. The number of hydrogen-bond donors (Lipinski definition) is 3. The molecule has 0 aromatic rings. The van der Waals surface area contributed by atoms with E-state index in [0.717, 1.165) is 6.92 Å². The van der Waals surface area contributed by atoms with Gasteiger partial charge in [-0.15, -0.1) is 0 Å². The summed E-state index contributed by atoms with van der Waals surface area (Å²) in [6.07, 6.45) is -2.53. The fraction of sp³-hybridized carbons (Fsp3) is 0.800. The first-order valence-corrected chi connectivity index (χ1v) is 2.87. The normalized spacial score (nSPS) is 11.2. The van der Waals surface area contributed by atoms with Crippen molar-refractivity contribution < 1.29 is 19.7 Å². The van der Waals surface area contributed by atoms with Crippen LogP contribution in [0.4, 0.5) is 0 Å². The van der Waals surface area contributed by atoms with Crippen molar-refractivity contribution in [1.29, 1.82) is 0 Å². The van der Waals surface area contributed by atoms with Gasteiger partial charge in [-0.2, -0.15) is 0 Å². The summed E-state index contributed by atoms with van der Waals surface area (Å²) in [7, 11) is 0. The highest BCUT2D eigenvalue weighted by Gasteiger charge is 2.24. The summed E-state index contributed by atoms with van der Waals surface area (Å²) in [5.41, 5.74) is 0. The minimum Gasteiger partial charge on any atom is -0.395 e. The quantitative estimate of drug-likeness (QED) is 0.345. The highest BCUT2D eigenvalue weighted by molar-refractivity contribution is 5.66. The molecule has 0 aliphatic rings. The van der Waals surface area contributed by atoms with Crippen molar-refractivity contribution in [2.45, 2.75) is 19.9 Å². The molecule has 0 aromatic heterocycles. The molecule has 0 spiro atoms. The van der Waals surface area contributed by atoms with E-state index < -0.39 is 12.1 Å². The van der Waals surface area contributed by atoms with Crippen LogP contribution < -0.4 is 5.32 Å². The minimum atomic E-state index is -2.53. The van der Waals surface area contributed by atoms with E-state index in [2.05, 4.69) is 10.1 Å². The van der Waals surface area contributed by atoms with Gasteiger partial charge in [-0.05, 0) is 0 Å². The van der Waals surface area contributed by atoms with Crippen LogP contribution >= 0.6 is 0 Å². The van der Waals surface area contributed by atoms with E-state index in [1.54, 1.807) is 6.92 Å². The molecule has 0 amide bonds. The lowest BCUT2D eigenvalue weighted by molar-refractivity contribution is -0.335. The fourth-order valence-electron chi connectivity index (χ4n) is 0.467. The van der Waals surface area contributed by atoms with Crippen molar-refractivity contribution in [1.82, 2.24) is 5.32 Å². The van der Waals surface area contributed by atoms with E-state index in [1.165, 1.54) is 0 Å². The molecule has 0 atom stereocenters. The summed E-state index contributed by atoms with van der Waals surface area (Å²) in [6, 6.07) is 0. The predicted molar refractivity (Wildman–Crippen MR) is 32.6 cm³/mol. The van der Waals surface area contributed by atoms with Crippen LogP contribution in [0, 0.1) is 0 Å². The zero-order valence-electron chi connectivity index (χ0n) is 5.92. The number of carbonyl (C=O) groups is 1. The first-order valence-electron chi connectivity index (χ1n) is 2.87. The van der Waals surface area contributed by atoms with Crippen LogP contribution in [0.1, 0.15) is 13.8 Å². The van der Waals surface area contributed by atoms with Crippen LogP contribution in [-0.2, 0) is 9.53 Å². The summed E-state index contributed by atoms with van der Waals surface area (Å²) in [5.74, 6) is -0.758. The smallest absolute Gasteiger partial charge is 0.394 e. The van der Waals surface area contributed by atoms with Gasteiger partial charge in [0.05, 0.1) is 0 Å². The monoisotopic (exact) mass is 149 g/mol. The summed E-state index contributed by atoms with van der Waals surface area (Å²) >= 11 is 0. The Morgan fingerprint density at radius 2 is 2.20 bits per heavy atom. The second kappa shape index (κ2) is 3.50. The molecule has 5 nitrogen and oxygen atoms in total. The molecule has 0 aliphatic carbocycles. The van der Waals surface area contributed by atoms with Crippen LogP contribution in [0.25, 0.3) is 0 Å². The van der Waals surface area contributed by atoms with Gasteiger partial charge in [0, 0.05) is 13.5 Å². The Morgan fingerprint density at radius 3 is 2.50 bits per heavy atom. The molecule has 0 saturated heterocycles. The molecular formula is C5H11NO4. The van der Waals surface area contributed by atoms with E-state index in [1.807, 2.05) is 0 Å². The molecule has 0 aromatic carbocycles. The second-order valence-electron chi connectivity index (χ2n) is 1.73. The molecule has 0 unspecified atom stereocenters. The van der Waals surface area contributed by atoms with Crippen LogP contribution in [-0.4, -0.2) is 28.8 Å². The summed E-state index contributed by atoms with van der Waals surface area (Å²) < 4.78 is 4.04. The van der Waals surface area contributed by atoms with Gasteiger partial charge in [-0.3, -0.25) is 4.79 Å². The Hall–Kier alpha value is -0.650. The number of carbonyl (C=O) groups excluding carboxylic acids is 1. The van der Waals surface area contributed by atoms with E-state index in [0.29, 0.717) is 6.54 Å². The molecule has 0 rings (SSSR count). The lowest BCUT2D eigenvalue weighted by Crippen LogP contribution is -2.48. The van der Waals surface area contributed by atoms with E-state index in [-0.39, 0.29) is 0 Å². The number of hydrogen-bond acceptors (Lipinski definition) is 5. The first kappa shape index (κ1) is 9.35. The number of esters is 1. The zero-order chi connectivity index (χ0) is 8.20. The average molecular weight is 149 g/mol. The van der Waals surface area contributed by atoms with Crippen LogP contribution in [0.15, 0.2) is 0 Å². The lowest BCUT2D eigenvalue weighted by atomic mass is 10.7. The molecule has 60 valence electrons. The van der Waals surface area contributed by atoms with Gasteiger partial charge in [0.15, 0.2) is 0 Å². The third-order valence-corrected chi connectivity index (χ3v) is 0.693. The Balaban J connectivity index is 3.74.